The van der Waals surface area contributed by atoms with Crippen molar-refractivity contribution >= 4 is 32.2 Å². The van der Waals surface area contributed by atoms with E-state index in [2.05, 4.69) is 24.8 Å². The maximum absolute atomic E-state index is 6.02. The van der Waals surface area contributed by atoms with Crippen LogP contribution >= 0.6 is 23.4 Å². The van der Waals surface area contributed by atoms with E-state index in [4.69, 9.17) is 24.9 Å². The predicted octanol–water partition coefficient (Wildman–Crippen LogP) is 6.87. The average Bonchev–Trinajstić information content (AvgIpc) is 2.61. The van der Waals surface area contributed by atoms with E-state index < -0.39 is 8.80 Å². The Morgan fingerprint density at radius 3 is 2.00 bits per heavy atom. The molecule has 0 bridgehead atoms. The van der Waals surface area contributed by atoms with Crippen molar-refractivity contribution in [1.29, 1.82) is 0 Å². The molecule has 26 heavy (non-hydrogen) atoms. The zero-order valence-corrected chi connectivity index (χ0v) is 19.1. The number of rotatable bonds is 14. The van der Waals surface area contributed by atoms with Gasteiger partial charge >= 0.3 is 8.80 Å². The Balaban J connectivity index is 3.03. The number of unbranched alkanes of at least 4 members (excludes halogenated alkanes) is 3. The van der Waals surface area contributed by atoms with Crippen LogP contribution in [-0.4, -0.2) is 28.6 Å². The molecule has 0 fully saturated rings. The lowest BCUT2D eigenvalue weighted by molar-refractivity contribution is 0.0841. The smallest absolute Gasteiger partial charge is 0.371 e. The van der Waals surface area contributed by atoms with Gasteiger partial charge in [-0.15, -0.1) is 0 Å². The predicted molar refractivity (Wildman–Crippen MR) is 115 cm³/mol. The Morgan fingerprint density at radius 2 is 1.50 bits per heavy atom. The number of hydrogen-bond acceptors (Lipinski definition) is 4. The Hall–Kier alpha value is -0.303. The van der Waals surface area contributed by atoms with Crippen LogP contribution in [-0.2, 0) is 13.3 Å². The summed E-state index contributed by atoms with van der Waals surface area (Å²) in [6.45, 7) is 9.94. The molecule has 0 aliphatic heterocycles. The third kappa shape index (κ3) is 9.06. The van der Waals surface area contributed by atoms with Gasteiger partial charge in [0.1, 0.15) is 0 Å². The van der Waals surface area contributed by atoms with E-state index in [0.717, 1.165) is 17.9 Å². The Bertz CT molecular complexity index is 505. The summed E-state index contributed by atoms with van der Waals surface area (Å²) in [5.74, 6) is 0. The molecule has 3 nitrogen and oxygen atoms in total. The SMILES string of the molecule is CCCCCCC(=C[Si](OCC)(OCC)OCC)Sc1ccc(Cl)cc1. The molecule has 0 amide bonds. The fraction of sp³-hybridized carbons (Fsp3) is 0.600. The molecule has 0 unspecified atom stereocenters. The first-order chi connectivity index (χ1) is 12.6. The van der Waals surface area contributed by atoms with Gasteiger partial charge in [-0.2, -0.15) is 0 Å². The van der Waals surface area contributed by atoms with Crippen molar-refractivity contribution in [2.24, 2.45) is 0 Å². The van der Waals surface area contributed by atoms with Crippen LogP contribution in [0.2, 0.25) is 5.02 Å². The van der Waals surface area contributed by atoms with Crippen molar-refractivity contribution in [3.63, 3.8) is 0 Å². The first-order valence-corrected chi connectivity index (χ1v) is 12.7. The molecule has 1 aromatic rings. The lowest BCUT2D eigenvalue weighted by atomic mass is 10.1. The molecule has 6 heteroatoms. The van der Waals surface area contributed by atoms with Crippen LogP contribution in [0.5, 0.6) is 0 Å². The monoisotopic (exact) mass is 416 g/mol. The molecule has 0 radical (unpaired) electrons. The van der Waals surface area contributed by atoms with E-state index in [9.17, 15) is 0 Å². The zero-order valence-electron chi connectivity index (χ0n) is 16.6. The van der Waals surface area contributed by atoms with Crippen LogP contribution in [0.15, 0.2) is 39.8 Å². The van der Waals surface area contributed by atoms with Crippen molar-refractivity contribution in [3.8, 4) is 0 Å². The van der Waals surface area contributed by atoms with Gasteiger partial charge in [-0.1, -0.05) is 49.5 Å². The van der Waals surface area contributed by atoms with Gasteiger partial charge in [0.05, 0.1) is 0 Å². The maximum Gasteiger partial charge on any atom is 0.530 e. The van der Waals surface area contributed by atoms with Crippen molar-refractivity contribution in [2.75, 3.05) is 19.8 Å². The van der Waals surface area contributed by atoms with E-state index in [1.54, 1.807) is 11.8 Å². The van der Waals surface area contributed by atoms with Crippen molar-refractivity contribution < 1.29 is 13.3 Å². The zero-order chi connectivity index (χ0) is 19.3. The van der Waals surface area contributed by atoms with Crippen molar-refractivity contribution in [3.05, 3.63) is 39.9 Å². The highest BCUT2D eigenvalue weighted by Crippen LogP contribution is 2.33. The van der Waals surface area contributed by atoms with Crippen LogP contribution in [0, 0.1) is 0 Å². The van der Waals surface area contributed by atoms with Gasteiger partial charge in [-0.3, -0.25) is 0 Å². The Labute approximate surface area is 169 Å². The maximum atomic E-state index is 6.02. The fourth-order valence-corrected chi connectivity index (χ4v) is 6.45. The van der Waals surface area contributed by atoms with Crippen LogP contribution < -0.4 is 0 Å². The summed E-state index contributed by atoms with van der Waals surface area (Å²) < 4.78 is 18.0. The summed E-state index contributed by atoms with van der Waals surface area (Å²) in [7, 11) is -2.80. The summed E-state index contributed by atoms with van der Waals surface area (Å²) in [5, 5.41) is 0.754. The van der Waals surface area contributed by atoms with E-state index in [0.29, 0.717) is 19.8 Å². The summed E-state index contributed by atoms with van der Waals surface area (Å²) in [4.78, 5) is 2.42. The van der Waals surface area contributed by atoms with Crippen LogP contribution in [0.1, 0.15) is 59.8 Å². The first kappa shape index (κ1) is 23.7. The number of hydrogen-bond donors (Lipinski definition) is 0. The minimum absolute atomic E-state index is 0.581. The van der Waals surface area contributed by atoms with Gasteiger partial charge in [0.25, 0.3) is 0 Å². The van der Waals surface area contributed by atoms with E-state index >= 15 is 0 Å². The fourth-order valence-electron chi connectivity index (χ4n) is 2.58. The highest BCUT2D eigenvalue weighted by molar-refractivity contribution is 8.03. The molecule has 0 saturated heterocycles. The van der Waals surface area contributed by atoms with Gasteiger partial charge in [-0.25, -0.2) is 0 Å². The van der Waals surface area contributed by atoms with E-state index in [1.165, 1.54) is 29.1 Å². The Morgan fingerprint density at radius 1 is 0.923 bits per heavy atom. The Kier molecular flexibility index (Phi) is 12.6. The van der Waals surface area contributed by atoms with Gasteiger partial charge in [0, 0.05) is 29.7 Å². The molecule has 0 aliphatic carbocycles. The van der Waals surface area contributed by atoms with Gasteiger partial charge in [0.15, 0.2) is 0 Å². The lowest BCUT2D eigenvalue weighted by Gasteiger charge is -2.26. The lowest BCUT2D eigenvalue weighted by Crippen LogP contribution is -2.44. The molecule has 0 aliphatic rings. The number of thioether (sulfide) groups is 1. The molecular weight excluding hydrogens is 384 g/mol. The van der Waals surface area contributed by atoms with Crippen molar-refractivity contribution in [2.45, 2.75) is 64.7 Å². The first-order valence-electron chi connectivity index (χ1n) is 9.66. The number of benzene rings is 1. The largest absolute Gasteiger partial charge is 0.530 e. The topological polar surface area (TPSA) is 27.7 Å². The van der Waals surface area contributed by atoms with Crippen LogP contribution in [0.4, 0.5) is 0 Å². The molecule has 148 valence electrons. The molecule has 0 heterocycles. The second-order valence-corrected chi connectivity index (χ2v) is 9.88. The molecule has 0 aromatic heterocycles. The molecule has 0 N–H and O–H groups in total. The highest BCUT2D eigenvalue weighted by Gasteiger charge is 2.38. The molecule has 0 atom stereocenters. The van der Waals surface area contributed by atoms with Crippen molar-refractivity contribution in [1.82, 2.24) is 0 Å². The molecule has 0 saturated carbocycles. The summed E-state index contributed by atoms with van der Waals surface area (Å²) in [6.07, 6.45) is 5.91. The molecule has 0 spiro atoms. The van der Waals surface area contributed by atoms with E-state index in [1.807, 2.05) is 32.9 Å². The summed E-state index contributed by atoms with van der Waals surface area (Å²) in [5.41, 5.74) is 2.15. The molecular formula is C20H33ClO3SSi. The highest BCUT2D eigenvalue weighted by atomic mass is 35.5. The third-order valence-corrected chi connectivity index (χ3v) is 8.04. The van der Waals surface area contributed by atoms with Gasteiger partial charge in [0.2, 0.25) is 0 Å². The third-order valence-electron chi connectivity index (χ3n) is 3.71. The molecule has 1 rings (SSSR count). The quantitative estimate of drug-likeness (QED) is 0.188. The summed E-state index contributed by atoms with van der Waals surface area (Å²) in [6, 6.07) is 7.96. The summed E-state index contributed by atoms with van der Waals surface area (Å²) >= 11 is 7.78. The minimum atomic E-state index is -2.80. The number of allylic oxidation sites excluding steroid dienone is 1. The van der Waals surface area contributed by atoms with Gasteiger partial charge in [-0.05, 0) is 68.5 Å². The number of halogens is 1. The van der Waals surface area contributed by atoms with E-state index in [-0.39, 0.29) is 0 Å². The van der Waals surface area contributed by atoms with Gasteiger partial charge < -0.3 is 13.3 Å². The van der Waals surface area contributed by atoms with Crippen LogP contribution in [0.25, 0.3) is 0 Å². The average molecular weight is 417 g/mol. The normalized spacial score (nSPS) is 12.6. The molecule has 1 aromatic carbocycles. The second-order valence-electron chi connectivity index (χ2n) is 5.88. The minimum Gasteiger partial charge on any atom is -0.371 e. The standard InChI is InChI=1S/C20H33ClO3SSi/c1-5-9-10-11-12-20(25-19-15-13-18(21)14-16-19)17-26(22-6-2,23-7-3)24-8-4/h13-17H,5-12H2,1-4H3. The second kappa shape index (κ2) is 13.8. The van der Waals surface area contributed by atoms with Crippen LogP contribution in [0.3, 0.4) is 0 Å².